The molecule has 0 bridgehead atoms. The fourth-order valence-electron chi connectivity index (χ4n) is 8.97. The number of hydrogen-bond donors (Lipinski definition) is 5. The highest BCUT2D eigenvalue weighted by atomic mass is 32.2. The van der Waals surface area contributed by atoms with E-state index in [1.54, 1.807) is 37.6 Å². The van der Waals surface area contributed by atoms with E-state index in [0.717, 1.165) is 42.3 Å². The number of carbonyl (C=O) groups excluding carboxylic acids is 2. The molecule has 1 fully saturated rings. The van der Waals surface area contributed by atoms with Gasteiger partial charge in [-0.3, -0.25) is 19.6 Å². The molecule has 2 amide bonds. The van der Waals surface area contributed by atoms with Crippen molar-refractivity contribution in [1.29, 1.82) is 0 Å². The molecule has 286 valence electrons. The van der Waals surface area contributed by atoms with Crippen LogP contribution in [0.4, 0.5) is 11.4 Å². The van der Waals surface area contributed by atoms with Crippen LogP contribution in [0.2, 0.25) is 0 Å². The molecule has 4 aromatic carbocycles. The first-order valence-electron chi connectivity index (χ1n) is 19.0. The van der Waals surface area contributed by atoms with Crippen molar-refractivity contribution >= 4 is 46.7 Å². The number of nitrogens with zero attached hydrogens (tertiary/aromatic N) is 3. The summed E-state index contributed by atoms with van der Waals surface area (Å²) in [5.41, 5.74) is 18.9. The molecule has 4 atom stereocenters. The number of carbonyl (C=O) groups is 2. The van der Waals surface area contributed by atoms with Crippen LogP contribution in [0, 0.1) is 11.8 Å². The van der Waals surface area contributed by atoms with E-state index in [4.69, 9.17) is 9.97 Å². The van der Waals surface area contributed by atoms with Crippen molar-refractivity contribution < 1.29 is 9.59 Å². The van der Waals surface area contributed by atoms with E-state index in [0.29, 0.717) is 11.1 Å². The average molecular weight is 791 g/mol. The summed E-state index contributed by atoms with van der Waals surface area (Å²) in [7, 11) is 5.44. The Bertz CT molecular complexity index is 2400. The molecule has 0 saturated heterocycles. The van der Waals surface area contributed by atoms with Crippen molar-refractivity contribution in [3.05, 3.63) is 167 Å². The number of anilines is 2. The summed E-state index contributed by atoms with van der Waals surface area (Å²) in [5.74, 6) is 0.225. The third-order valence-corrected chi connectivity index (χ3v) is 13.6. The van der Waals surface area contributed by atoms with E-state index < -0.39 is 0 Å². The Balaban J connectivity index is 1.07. The number of amides is 2. The summed E-state index contributed by atoms with van der Waals surface area (Å²) in [6.07, 6.45) is 3.80. The summed E-state index contributed by atoms with van der Waals surface area (Å²) < 4.78 is 0. The van der Waals surface area contributed by atoms with Gasteiger partial charge in [-0.1, -0.05) is 72.1 Å². The Morgan fingerprint density at radius 1 is 0.632 bits per heavy atom. The van der Waals surface area contributed by atoms with Crippen LogP contribution in [0.3, 0.4) is 0 Å². The zero-order valence-corrected chi connectivity index (χ0v) is 33.3. The van der Waals surface area contributed by atoms with Crippen LogP contribution in [-0.2, 0) is 0 Å². The molecule has 10 nitrogen and oxygen atoms in total. The number of hydrazine groups is 2. The van der Waals surface area contributed by atoms with Crippen molar-refractivity contribution in [3.63, 3.8) is 0 Å². The van der Waals surface area contributed by atoms with Gasteiger partial charge in [0.1, 0.15) is 0 Å². The van der Waals surface area contributed by atoms with Crippen LogP contribution < -0.4 is 26.9 Å². The number of rotatable bonds is 10. The highest BCUT2D eigenvalue weighted by Crippen LogP contribution is 2.67. The van der Waals surface area contributed by atoms with E-state index in [1.807, 2.05) is 73.1 Å². The van der Waals surface area contributed by atoms with Crippen LogP contribution in [-0.4, -0.2) is 47.9 Å². The largest absolute Gasteiger partial charge is 0.355 e. The van der Waals surface area contributed by atoms with Crippen LogP contribution in [0.1, 0.15) is 67.2 Å². The van der Waals surface area contributed by atoms with E-state index in [9.17, 15) is 9.59 Å². The lowest BCUT2D eigenvalue weighted by molar-refractivity contribution is 0.00264. The Morgan fingerprint density at radius 2 is 1.16 bits per heavy atom. The molecular formula is C45H42N8O2S2. The average Bonchev–Trinajstić information content (AvgIpc) is 3.80. The predicted molar refractivity (Wildman–Crippen MR) is 225 cm³/mol. The van der Waals surface area contributed by atoms with Crippen molar-refractivity contribution in [2.45, 2.75) is 43.5 Å². The monoisotopic (exact) mass is 790 g/mol. The maximum absolute atomic E-state index is 12.6. The molecule has 4 unspecified atom stereocenters. The van der Waals surface area contributed by atoms with Crippen molar-refractivity contribution in [3.8, 4) is 0 Å². The second-order valence-corrected chi connectivity index (χ2v) is 16.7. The van der Waals surface area contributed by atoms with E-state index in [1.165, 1.54) is 11.1 Å². The number of fused-ring (bicyclic) bond motifs is 2. The maximum Gasteiger partial charge on any atom is 0.252 e. The van der Waals surface area contributed by atoms with E-state index in [-0.39, 0.29) is 47.6 Å². The normalized spacial score (nSPS) is 22.0. The van der Waals surface area contributed by atoms with Gasteiger partial charge in [0.15, 0.2) is 0 Å². The van der Waals surface area contributed by atoms with Crippen LogP contribution in [0.25, 0.3) is 0 Å². The Kier molecular flexibility index (Phi) is 10.2. The van der Waals surface area contributed by atoms with Gasteiger partial charge in [-0.25, -0.2) is 10.4 Å². The molecule has 0 radical (unpaired) electrons. The molecule has 1 aliphatic carbocycles. The molecule has 3 aliphatic rings. The van der Waals surface area contributed by atoms with Gasteiger partial charge in [0.25, 0.3) is 11.8 Å². The third-order valence-electron chi connectivity index (χ3n) is 11.4. The van der Waals surface area contributed by atoms with Crippen molar-refractivity contribution in [1.82, 2.24) is 31.0 Å². The highest BCUT2D eigenvalue weighted by Gasteiger charge is 2.61. The van der Waals surface area contributed by atoms with Gasteiger partial charge in [0.2, 0.25) is 0 Å². The molecule has 4 heterocycles. The zero-order valence-electron chi connectivity index (χ0n) is 31.6. The van der Waals surface area contributed by atoms with Gasteiger partial charge in [-0.15, -0.1) is 0 Å². The van der Waals surface area contributed by atoms with Crippen molar-refractivity contribution in [2.24, 2.45) is 11.8 Å². The van der Waals surface area contributed by atoms with E-state index in [2.05, 4.69) is 99.6 Å². The van der Waals surface area contributed by atoms with Gasteiger partial charge in [0.05, 0.1) is 34.6 Å². The minimum Gasteiger partial charge on any atom is -0.355 e. The first-order chi connectivity index (χ1) is 27.9. The lowest BCUT2D eigenvalue weighted by Gasteiger charge is -2.57. The minimum atomic E-state index is -0.103. The molecule has 2 aliphatic heterocycles. The molecule has 1 saturated carbocycles. The molecule has 0 spiro atoms. The first-order valence-corrected chi connectivity index (χ1v) is 20.7. The van der Waals surface area contributed by atoms with E-state index >= 15 is 0 Å². The number of hydrogen-bond acceptors (Lipinski definition) is 10. The molecular weight excluding hydrogens is 749 g/mol. The Morgan fingerprint density at radius 3 is 1.70 bits per heavy atom. The lowest BCUT2D eigenvalue weighted by atomic mass is 9.49. The fourth-order valence-corrected chi connectivity index (χ4v) is 10.9. The molecule has 9 rings (SSSR count). The van der Waals surface area contributed by atoms with Gasteiger partial charge < -0.3 is 21.5 Å². The zero-order chi connectivity index (χ0) is 39.0. The summed E-state index contributed by atoms with van der Waals surface area (Å²) in [4.78, 5) is 39.2. The number of pyridine rings is 2. The predicted octanol–water partition coefficient (Wildman–Crippen LogP) is 8.30. The summed E-state index contributed by atoms with van der Waals surface area (Å²) in [6.45, 7) is 0. The summed E-state index contributed by atoms with van der Waals surface area (Å²) >= 11 is 3.17. The van der Waals surface area contributed by atoms with Crippen molar-refractivity contribution in [2.75, 3.05) is 32.0 Å². The minimum absolute atomic E-state index is 0.0224. The van der Waals surface area contributed by atoms with Crippen LogP contribution in [0.5, 0.6) is 0 Å². The second-order valence-electron chi connectivity index (χ2n) is 14.5. The Hall–Kier alpha value is -5.66. The van der Waals surface area contributed by atoms with Crippen LogP contribution >= 0.6 is 23.5 Å². The molecule has 6 aromatic rings. The maximum atomic E-state index is 12.6. The summed E-state index contributed by atoms with van der Waals surface area (Å²) in [6, 6.07) is 41.0. The van der Waals surface area contributed by atoms with Gasteiger partial charge in [-0.2, -0.15) is 0 Å². The summed E-state index contributed by atoms with van der Waals surface area (Å²) in [5, 5.41) is 7.78. The molecule has 12 heteroatoms. The highest BCUT2D eigenvalue weighted by molar-refractivity contribution is 7.99. The van der Waals surface area contributed by atoms with Crippen LogP contribution in [0.15, 0.2) is 153 Å². The van der Waals surface area contributed by atoms with Gasteiger partial charge in [-0.05, 0) is 95.8 Å². The Labute approximate surface area is 340 Å². The molecule has 5 N–H and O–H groups in total. The standard InChI is InChI=1S/C45H42N8O2S2/c1-46-44(54)30-12-4-6-16-36(30)56-26-18-20-28-34(24-26)50-51-42(28)40-38(32-14-8-10-22-48-32)41(39(40)33-15-9-11-23-49-33)43-29-21-19-27(25-35(29)52-53(43)3)57-37-17-7-5-13-31(37)45(55)47-2/h4-25,38-43,50-52H,1-3H3,(H,46,54)(H,47,55). The number of nitrogens with one attached hydrogen (secondary N) is 5. The SMILES string of the molecule is CNC(=O)c1ccccc1Sc1ccc2c(c1)NNC2C1C(c2ccccn2)C(C2c3ccc(Sc4ccccc4C(=O)NC)cc3NN2C)C1c1ccccn1. The first kappa shape index (κ1) is 36.9. The fraction of sp³-hybridized carbons (Fsp3) is 0.200. The number of benzene rings is 4. The van der Waals surface area contributed by atoms with Gasteiger partial charge >= 0.3 is 0 Å². The quantitative estimate of drug-likeness (QED) is 0.0927. The third kappa shape index (κ3) is 6.82. The lowest BCUT2D eigenvalue weighted by Crippen LogP contribution is -2.53. The molecule has 57 heavy (non-hydrogen) atoms. The molecule has 2 aromatic heterocycles. The smallest absolute Gasteiger partial charge is 0.252 e. The number of aromatic nitrogens is 2. The topological polar surface area (TPSA) is 123 Å². The second kappa shape index (κ2) is 15.7. The van der Waals surface area contributed by atoms with Gasteiger partial charge in [0, 0.05) is 76.3 Å².